The maximum absolute atomic E-state index is 12.3. The zero-order valence-corrected chi connectivity index (χ0v) is 11.7. The highest BCUT2D eigenvalue weighted by Crippen LogP contribution is 2.25. The number of rotatable bonds is 3. The Morgan fingerprint density at radius 1 is 1.30 bits per heavy atom. The molecule has 0 aliphatic carbocycles. The Kier molecular flexibility index (Phi) is 3.54. The summed E-state index contributed by atoms with van der Waals surface area (Å²) in [4.78, 5) is 19.2. The van der Waals surface area contributed by atoms with Gasteiger partial charge in [-0.05, 0) is 31.9 Å². The van der Waals surface area contributed by atoms with Gasteiger partial charge in [0.2, 0.25) is 0 Å². The summed E-state index contributed by atoms with van der Waals surface area (Å²) in [5.41, 5.74) is 1.61. The fraction of sp³-hybridized carbons (Fsp3) is 0.375. The van der Waals surface area contributed by atoms with Gasteiger partial charge >= 0.3 is 0 Å². The van der Waals surface area contributed by atoms with Crippen LogP contribution in [0.1, 0.15) is 30.1 Å². The predicted octanol–water partition coefficient (Wildman–Crippen LogP) is 2.58. The van der Waals surface area contributed by atoms with Gasteiger partial charge in [0.1, 0.15) is 5.82 Å². The van der Waals surface area contributed by atoms with Crippen LogP contribution in [0.4, 0.5) is 5.82 Å². The molecule has 1 saturated heterocycles. The zero-order valence-electron chi connectivity index (χ0n) is 11.7. The summed E-state index contributed by atoms with van der Waals surface area (Å²) < 4.78 is 0. The van der Waals surface area contributed by atoms with Crippen LogP contribution in [0.15, 0.2) is 30.3 Å². The molecule has 0 unspecified atom stereocenters. The largest absolute Gasteiger partial charge is 0.357 e. The van der Waals surface area contributed by atoms with Gasteiger partial charge in [-0.2, -0.15) is 0 Å². The molecule has 3 rings (SSSR count). The van der Waals surface area contributed by atoms with Crippen molar-refractivity contribution in [2.24, 2.45) is 0 Å². The van der Waals surface area contributed by atoms with Crippen molar-refractivity contribution < 1.29 is 4.79 Å². The molecule has 1 aromatic carbocycles. The number of nitrogens with one attached hydrogen (secondary N) is 1. The van der Waals surface area contributed by atoms with Gasteiger partial charge in [-0.3, -0.25) is 4.79 Å². The molecule has 1 aromatic heterocycles. The number of carbonyl (C=O) groups excluding carboxylic acids is 1. The van der Waals surface area contributed by atoms with Gasteiger partial charge in [0.25, 0.3) is 5.91 Å². The summed E-state index contributed by atoms with van der Waals surface area (Å²) in [6.45, 7) is 4.62. The Hall–Kier alpha value is -2.10. The molecule has 4 nitrogen and oxygen atoms in total. The second kappa shape index (κ2) is 5.49. The fourth-order valence-corrected chi connectivity index (χ4v) is 2.71. The molecule has 1 aliphatic rings. The van der Waals surface area contributed by atoms with E-state index in [1.54, 1.807) is 0 Å². The van der Waals surface area contributed by atoms with Crippen molar-refractivity contribution in [3.05, 3.63) is 35.9 Å². The van der Waals surface area contributed by atoms with Crippen LogP contribution in [0.3, 0.4) is 0 Å². The maximum Gasteiger partial charge on any atom is 0.252 e. The highest BCUT2D eigenvalue weighted by Gasteiger charge is 2.18. The minimum atomic E-state index is -0.0217. The van der Waals surface area contributed by atoms with Crippen molar-refractivity contribution in [3.63, 3.8) is 0 Å². The number of hydrogen-bond acceptors (Lipinski definition) is 3. The first kappa shape index (κ1) is 12.9. The Bertz CT molecular complexity index is 633. The van der Waals surface area contributed by atoms with E-state index < -0.39 is 0 Å². The molecule has 1 N–H and O–H groups in total. The molecular formula is C16H19N3O. The molecule has 0 bridgehead atoms. The molecule has 1 aliphatic heterocycles. The normalized spacial score (nSPS) is 14.8. The lowest BCUT2D eigenvalue weighted by atomic mass is 10.1. The molecule has 2 heterocycles. The number of nitrogens with zero attached hydrogens (tertiary/aromatic N) is 2. The molecule has 0 atom stereocenters. The number of carbonyl (C=O) groups is 1. The van der Waals surface area contributed by atoms with E-state index in [1.165, 1.54) is 12.8 Å². The summed E-state index contributed by atoms with van der Waals surface area (Å²) in [6.07, 6.45) is 2.40. The average molecular weight is 269 g/mol. The van der Waals surface area contributed by atoms with Gasteiger partial charge in [-0.25, -0.2) is 4.98 Å². The third-order valence-electron chi connectivity index (χ3n) is 3.71. The lowest BCUT2D eigenvalue weighted by Gasteiger charge is -2.18. The second-order valence-corrected chi connectivity index (χ2v) is 5.10. The van der Waals surface area contributed by atoms with Gasteiger partial charge < -0.3 is 10.2 Å². The Morgan fingerprint density at radius 3 is 2.80 bits per heavy atom. The molecule has 1 amide bonds. The van der Waals surface area contributed by atoms with Gasteiger partial charge in [-0.15, -0.1) is 0 Å². The molecule has 104 valence electrons. The van der Waals surface area contributed by atoms with Gasteiger partial charge in [0, 0.05) is 25.0 Å². The van der Waals surface area contributed by atoms with Crippen molar-refractivity contribution in [1.29, 1.82) is 0 Å². The van der Waals surface area contributed by atoms with Crippen molar-refractivity contribution in [2.45, 2.75) is 19.8 Å². The minimum absolute atomic E-state index is 0.0217. The van der Waals surface area contributed by atoms with Crippen LogP contribution >= 0.6 is 0 Å². The van der Waals surface area contributed by atoms with Crippen molar-refractivity contribution in [1.82, 2.24) is 10.3 Å². The molecule has 0 spiro atoms. The van der Waals surface area contributed by atoms with Crippen LogP contribution in [-0.2, 0) is 0 Å². The smallest absolute Gasteiger partial charge is 0.252 e. The van der Waals surface area contributed by atoms with Crippen LogP contribution in [0.2, 0.25) is 0 Å². The van der Waals surface area contributed by atoms with Crippen LogP contribution in [0, 0.1) is 0 Å². The third-order valence-corrected chi connectivity index (χ3v) is 3.71. The molecule has 4 heteroatoms. The average Bonchev–Trinajstić information content (AvgIpc) is 3.00. The highest BCUT2D eigenvalue weighted by molar-refractivity contribution is 6.07. The van der Waals surface area contributed by atoms with E-state index in [0.717, 1.165) is 35.4 Å². The number of amides is 1. The van der Waals surface area contributed by atoms with Gasteiger partial charge in [0.05, 0.1) is 11.1 Å². The first-order valence-corrected chi connectivity index (χ1v) is 7.22. The predicted molar refractivity (Wildman–Crippen MR) is 81.2 cm³/mol. The molecule has 0 radical (unpaired) electrons. The van der Waals surface area contributed by atoms with Crippen LogP contribution in [0.5, 0.6) is 0 Å². The standard InChI is InChI=1S/C16H19N3O/c1-2-17-16(20)13-11-15(19-9-5-6-10-19)18-14-8-4-3-7-12(13)14/h3-4,7-8,11H,2,5-6,9-10H2,1H3,(H,17,20). The van der Waals surface area contributed by atoms with E-state index in [1.807, 2.05) is 37.3 Å². The Labute approximate surface area is 118 Å². The van der Waals surface area contributed by atoms with E-state index in [0.29, 0.717) is 6.54 Å². The van der Waals surface area contributed by atoms with Crippen molar-refractivity contribution >= 4 is 22.6 Å². The lowest BCUT2D eigenvalue weighted by molar-refractivity contribution is 0.0957. The van der Waals surface area contributed by atoms with Gasteiger partial charge in [-0.1, -0.05) is 18.2 Å². The summed E-state index contributed by atoms with van der Waals surface area (Å²) >= 11 is 0. The molecule has 20 heavy (non-hydrogen) atoms. The van der Waals surface area contributed by atoms with Crippen LogP contribution < -0.4 is 10.2 Å². The van der Waals surface area contributed by atoms with E-state index in [9.17, 15) is 4.79 Å². The molecule has 0 saturated carbocycles. The van der Waals surface area contributed by atoms with E-state index in [-0.39, 0.29) is 5.91 Å². The van der Waals surface area contributed by atoms with Crippen LogP contribution in [-0.4, -0.2) is 30.5 Å². The highest BCUT2D eigenvalue weighted by atomic mass is 16.1. The maximum atomic E-state index is 12.3. The van der Waals surface area contributed by atoms with Crippen LogP contribution in [0.25, 0.3) is 10.9 Å². The Balaban J connectivity index is 2.11. The number of fused-ring (bicyclic) bond motifs is 1. The monoisotopic (exact) mass is 269 g/mol. The number of benzene rings is 1. The topological polar surface area (TPSA) is 45.2 Å². The second-order valence-electron chi connectivity index (χ2n) is 5.10. The van der Waals surface area contributed by atoms with E-state index in [4.69, 9.17) is 4.98 Å². The first-order chi connectivity index (χ1) is 9.79. The lowest BCUT2D eigenvalue weighted by Crippen LogP contribution is -2.24. The number of aromatic nitrogens is 1. The SMILES string of the molecule is CCNC(=O)c1cc(N2CCCC2)nc2ccccc12. The molecule has 1 fully saturated rings. The number of hydrogen-bond donors (Lipinski definition) is 1. The van der Waals surface area contributed by atoms with Crippen molar-refractivity contribution in [2.75, 3.05) is 24.5 Å². The fourth-order valence-electron chi connectivity index (χ4n) is 2.71. The van der Waals surface area contributed by atoms with Gasteiger partial charge in [0.15, 0.2) is 0 Å². The summed E-state index contributed by atoms with van der Waals surface area (Å²) in [5, 5.41) is 3.80. The Morgan fingerprint density at radius 2 is 2.05 bits per heavy atom. The number of para-hydroxylation sites is 1. The molecular weight excluding hydrogens is 250 g/mol. The summed E-state index contributed by atoms with van der Waals surface area (Å²) in [6, 6.07) is 9.77. The summed E-state index contributed by atoms with van der Waals surface area (Å²) in [5.74, 6) is 0.897. The molecule has 2 aromatic rings. The number of anilines is 1. The number of pyridine rings is 1. The third kappa shape index (κ3) is 2.33. The van der Waals surface area contributed by atoms with E-state index >= 15 is 0 Å². The minimum Gasteiger partial charge on any atom is -0.357 e. The quantitative estimate of drug-likeness (QED) is 0.931. The first-order valence-electron chi connectivity index (χ1n) is 7.22. The zero-order chi connectivity index (χ0) is 13.9. The summed E-state index contributed by atoms with van der Waals surface area (Å²) in [7, 11) is 0. The van der Waals surface area contributed by atoms with E-state index in [2.05, 4.69) is 10.2 Å². The van der Waals surface area contributed by atoms with Crippen molar-refractivity contribution in [3.8, 4) is 0 Å².